The number of aliphatic carboxylic acids is 3. The van der Waals surface area contributed by atoms with Crippen molar-refractivity contribution in [3.05, 3.63) is 28.2 Å². The lowest BCUT2D eigenvalue weighted by atomic mass is 10.1. The molecule has 0 aliphatic rings. The summed E-state index contributed by atoms with van der Waals surface area (Å²) < 4.78 is 10.1. The van der Waals surface area contributed by atoms with Crippen LogP contribution in [0.1, 0.15) is 12.8 Å². The van der Waals surface area contributed by atoms with Gasteiger partial charge in [0, 0.05) is 5.02 Å². The van der Waals surface area contributed by atoms with Gasteiger partial charge >= 0.3 is 23.9 Å². The SMILES string of the molecule is O=C(COc1ccc(Cl)cc1Cl)OCC(NCCC(NCC[C@H](O)C(=O)O)C(=O)O)C(=O)O. The lowest BCUT2D eigenvalue weighted by Gasteiger charge is -2.18. The number of carbonyl (C=O) groups excluding carboxylic acids is 1. The van der Waals surface area contributed by atoms with Crippen molar-refractivity contribution in [2.75, 3.05) is 26.3 Å². The van der Waals surface area contributed by atoms with Crippen molar-refractivity contribution in [3.8, 4) is 5.75 Å². The van der Waals surface area contributed by atoms with Crippen molar-refractivity contribution < 1.29 is 49.1 Å². The van der Waals surface area contributed by atoms with Crippen LogP contribution in [-0.2, 0) is 23.9 Å². The Bertz CT molecular complexity index is 839. The fourth-order valence-corrected chi connectivity index (χ4v) is 2.86. The van der Waals surface area contributed by atoms with E-state index in [9.17, 15) is 34.5 Å². The van der Waals surface area contributed by atoms with Gasteiger partial charge in [-0.05, 0) is 44.1 Å². The molecule has 0 saturated heterocycles. The number of halogens is 2. The van der Waals surface area contributed by atoms with Crippen LogP contribution in [0.2, 0.25) is 10.0 Å². The third kappa shape index (κ3) is 11.2. The molecule has 0 radical (unpaired) electrons. The summed E-state index contributed by atoms with van der Waals surface area (Å²) in [7, 11) is 0. The summed E-state index contributed by atoms with van der Waals surface area (Å²) in [5, 5.41) is 41.9. The number of ether oxygens (including phenoxy) is 2. The van der Waals surface area contributed by atoms with Crippen LogP contribution >= 0.6 is 23.2 Å². The molecular weight excluding hydrogens is 487 g/mol. The van der Waals surface area contributed by atoms with Crippen molar-refractivity contribution in [1.82, 2.24) is 10.6 Å². The van der Waals surface area contributed by atoms with Gasteiger partial charge in [0.1, 0.15) is 24.4 Å². The Labute approximate surface area is 198 Å². The number of aliphatic hydroxyl groups is 1. The van der Waals surface area contributed by atoms with E-state index in [1.807, 2.05) is 0 Å². The third-order valence-electron chi connectivity index (χ3n) is 4.16. The van der Waals surface area contributed by atoms with Crippen molar-refractivity contribution in [2.45, 2.75) is 31.0 Å². The van der Waals surface area contributed by atoms with Crippen LogP contribution in [0.4, 0.5) is 0 Å². The first kappa shape index (κ1) is 28.4. The minimum absolute atomic E-state index is 0.0611. The van der Waals surface area contributed by atoms with Crippen molar-refractivity contribution in [1.29, 1.82) is 0 Å². The zero-order chi connectivity index (χ0) is 25.0. The van der Waals surface area contributed by atoms with Crippen LogP contribution in [-0.4, -0.2) is 88.8 Å². The van der Waals surface area contributed by atoms with Crippen LogP contribution in [0.15, 0.2) is 18.2 Å². The van der Waals surface area contributed by atoms with Gasteiger partial charge in [-0.25, -0.2) is 9.59 Å². The molecular formula is C19H24Cl2N2O10. The van der Waals surface area contributed by atoms with E-state index in [1.165, 1.54) is 18.2 Å². The van der Waals surface area contributed by atoms with E-state index in [-0.39, 0.29) is 36.7 Å². The first-order valence-electron chi connectivity index (χ1n) is 9.58. The van der Waals surface area contributed by atoms with Crippen LogP contribution in [0.25, 0.3) is 0 Å². The molecule has 0 aliphatic heterocycles. The number of hydrogen-bond acceptors (Lipinski definition) is 9. The second-order valence-corrected chi connectivity index (χ2v) is 7.51. The number of carboxylic acid groups (broad SMARTS) is 3. The molecule has 0 saturated carbocycles. The summed E-state index contributed by atoms with van der Waals surface area (Å²) in [6, 6.07) is 1.95. The van der Waals surface area contributed by atoms with Gasteiger partial charge in [-0.2, -0.15) is 0 Å². The largest absolute Gasteiger partial charge is 0.480 e. The number of hydrogen-bond donors (Lipinski definition) is 6. The van der Waals surface area contributed by atoms with Crippen LogP contribution < -0.4 is 15.4 Å². The molecule has 12 nitrogen and oxygen atoms in total. The van der Waals surface area contributed by atoms with Gasteiger partial charge in [-0.3, -0.25) is 9.59 Å². The van der Waals surface area contributed by atoms with E-state index in [4.69, 9.17) is 37.8 Å². The second-order valence-electron chi connectivity index (χ2n) is 6.67. The molecule has 0 aromatic heterocycles. The van der Waals surface area contributed by atoms with E-state index < -0.39 is 55.3 Å². The highest BCUT2D eigenvalue weighted by Crippen LogP contribution is 2.27. The fourth-order valence-electron chi connectivity index (χ4n) is 2.40. The highest BCUT2D eigenvalue weighted by Gasteiger charge is 2.22. The molecule has 0 aliphatic carbocycles. The monoisotopic (exact) mass is 510 g/mol. The normalized spacial score (nSPS) is 13.5. The van der Waals surface area contributed by atoms with E-state index in [2.05, 4.69) is 10.6 Å². The molecule has 0 amide bonds. The Kier molecular flexibility index (Phi) is 12.5. The molecule has 1 aromatic carbocycles. The molecule has 1 aromatic rings. The van der Waals surface area contributed by atoms with Gasteiger partial charge < -0.3 is 40.5 Å². The molecule has 0 spiro atoms. The Balaban J connectivity index is 2.42. The van der Waals surface area contributed by atoms with E-state index in [0.717, 1.165) is 0 Å². The predicted molar refractivity (Wildman–Crippen MR) is 115 cm³/mol. The van der Waals surface area contributed by atoms with Gasteiger partial charge in [-0.1, -0.05) is 23.2 Å². The first-order chi connectivity index (χ1) is 15.5. The number of benzene rings is 1. The standard InChI is InChI=1S/C19H24Cl2N2O10/c20-10-1-2-15(11(21)7-10)32-9-16(25)33-8-13(18(28)29)23-5-3-12(17(26)27)22-6-4-14(24)19(30)31/h1-2,7,12-14,22-24H,3-6,8-9H2,(H,26,27)(H,28,29)(H,30,31)/t12?,13?,14-/m0/s1. The Morgan fingerprint density at radius 3 is 2.09 bits per heavy atom. The minimum Gasteiger partial charge on any atom is -0.480 e. The van der Waals surface area contributed by atoms with Gasteiger partial charge in [-0.15, -0.1) is 0 Å². The average Bonchev–Trinajstić information content (AvgIpc) is 2.73. The highest BCUT2D eigenvalue weighted by atomic mass is 35.5. The molecule has 2 unspecified atom stereocenters. The molecule has 0 fully saturated rings. The number of rotatable bonds is 16. The molecule has 0 heterocycles. The molecule has 3 atom stereocenters. The summed E-state index contributed by atoms with van der Waals surface area (Å²) >= 11 is 11.7. The van der Waals surface area contributed by atoms with Crippen molar-refractivity contribution >= 4 is 47.1 Å². The number of carbonyl (C=O) groups is 4. The maximum absolute atomic E-state index is 11.8. The Morgan fingerprint density at radius 2 is 1.52 bits per heavy atom. The smallest absolute Gasteiger partial charge is 0.344 e. The number of esters is 1. The van der Waals surface area contributed by atoms with Gasteiger partial charge in [0.25, 0.3) is 0 Å². The van der Waals surface area contributed by atoms with E-state index in [1.54, 1.807) is 0 Å². The van der Waals surface area contributed by atoms with Crippen molar-refractivity contribution in [2.24, 2.45) is 0 Å². The molecule has 1 rings (SSSR count). The average molecular weight is 511 g/mol. The fraction of sp³-hybridized carbons (Fsp3) is 0.474. The summed E-state index contributed by atoms with van der Waals surface area (Å²) in [5.74, 6) is -4.65. The predicted octanol–water partition coefficient (Wildman–Crippen LogP) is 0.227. The summed E-state index contributed by atoms with van der Waals surface area (Å²) in [5.41, 5.74) is 0. The van der Waals surface area contributed by atoms with E-state index >= 15 is 0 Å². The molecule has 184 valence electrons. The third-order valence-corrected chi connectivity index (χ3v) is 4.69. The Morgan fingerprint density at radius 1 is 0.909 bits per heavy atom. The molecule has 6 N–H and O–H groups in total. The summed E-state index contributed by atoms with van der Waals surface area (Å²) in [6.45, 7) is -1.22. The second kappa shape index (κ2) is 14.5. The lowest BCUT2D eigenvalue weighted by Crippen LogP contribution is -2.45. The summed E-state index contributed by atoms with van der Waals surface area (Å²) in [4.78, 5) is 45.0. The van der Waals surface area contributed by atoms with Crippen LogP contribution in [0, 0.1) is 0 Å². The van der Waals surface area contributed by atoms with Crippen molar-refractivity contribution in [3.63, 3.8) is 0 Å². The van der Waals surface area contributed by atoms with Crippen LogP contribution in [0.5, 0.6) is 5.75 Å². The molecule has 33 heavy (non-hydrogen) atoms. The number of carboxylic acids is 3. The molecule has 0 bridgehead atoms. The zero-order valence-electron chi connectivity index (χ0n) is 17.2. The van der Waals surface area contributed by atoms with E-state index in [0.29, 0.717) is 5.02 Å². The Hall–Kier alpha value is -2.64. The van der Waals surface area contributed by atoms with Gasteiger partial charge in [0.15, 0.2) is 12.7 Å². The van der Waals surface area contributed by atoms with Gasteiger partial charge in [0.05, 0.1) is 5.02 Å². The quantitative estimate of drug-likeness (QED) is 0.166. The van der Waals surface area contributed by atoms with Gasteiger partial charge in [0.2, 0.25) is 0 Å². The lowest BCUT2D eigenvalue weighted by molar-refractivity contribution is -0.150. The maximum atomic E-state index is 11.8. The number of nitrogens with one attached hydrogen (secondary N) is 2. The first-order valence-corrected chi connectivity index (χ1v) is 10.3. The minimum atomic E-state index is -1.63. The topological polar surface area (TPSA) is 192 Å². The highest BCUT2D eigenvalue weighted by molar-refractivity contribution is 6.35. The van der Waals surface area contributed by atoms with Crippen LogP contribution in [0.3, 0.4) is 0 Å². The maximum Gasteiger partial charge on any atom is 0.344 e. The molecule has 14 heteroatoms. The number of aliphatic hydroxyl groups excluding tert-OH is 1. The zero-order valence-corrected chi connectivity index (χ0v) is 18.7. The summed E-state index contributed by atoms with van der Waals surface area (Å²) in [6.07, 6.45) is -1.89.